The maximum Gasteiger partial charge on any atom is 0.328 e. The quantitative estimate of drug-likeness (QED) is 0.349. The number of sulfonamides is 1. The summed E-state index contributed by atoms with van der Waals surface area (Å²) in [6.07, 6.45) is 0. The average Bonchev–Trinajstić information content (AvgIpc) is 2.72. The van der Waals surface area contributed by atoms with Gasteiger partial charge in [-0.15, -0.1) is 0 Å². The summed E-state index contributed by atoms with van der Waals surface area (Å²) in [5.41, 5.74) is 0.433. The lowest BCUT2D eigenvalue weighted by molar-refractivity contribution is -0.385. The summed E-state index contributed by atoms with van der Waals surface area (Å²) < 4.78 is 33.5. The number of fused-ring (bicyclic) bond motifs is 1. The largest absolute Gasteiger partial charge is 0.465 e. The number of nitrogens with zero attached hydrogens (tertiary/aromatic N) is 1. The van der Waals surface area contributed by atoms with Gasteiger partial charge in [0, 0.05) is 11.6 Å². The second kappa shape index (κ2) is 8.60. The summed E-state index contributed by atoms with van der Waals surface area (Å²) in [7, 11) is -4.27. The minimum atomic E-state index is -4.27. The van der Waals surface area contributed by atoms with Gasteiger partial charge in [-0.3, -0.25) is 10.1 Å². The number of hydrogen-bond donors (Lipinski definition) is 1. The molecule has 0 saturated carbocycles. The minimum Gasteiger partial charge on any atom is -0.465 e. The second-order valence-electron chi connectivity index (χ2n) is 6.58. The van der Waals surface area contributed by atoms with Crippen molar-refractivity contribution in [3.05, 3.63) is 81.9 Å². The van der Waals surface area contributed by atoms with Gasteiger partial charge in [-0.05, 0) is 36.2 Å². The van der Waals surface area contributed by atoms with Gasteiger partial charge in [0.25, 0.3) is 5.69 Å². The van der Waals surface area contributed by atoms with Gasteiger partial charge in [0.2, 0.25) is 10.0 Å². The van der Waals surface area contributed by atoms with Gasteiger partial charge in [-0.1, -0.05) is 48.5 Å². The van der Waals surface area contributed by atoms with E-state index in [4.69, 9.17) is 4.74 Å². The van der Waals surface area contributed by atoms with E-state index in [-0.39, 0.29) is 17.2 Å². The van der Waals surface area contributed by atoms with E-state index in [1.54, 1.807) is 31.2 Å². The van der Waals surface area contributed by atoms with Crippen LogP contribution in [0.5, 0.6) is 0 Å². The Morgan fingerprint density at radius 1 is 1.13 bits per heavy atom. The van der Waals surface area contributed by atoms with E-state index in [0.717, 1.165) is 11.5 Å². The third kappa shape index (κ3) is 4.32. The zero-order chi connectivity index (χ0) is 21.9. The standard InChI is InChI=1S/C21H20N2O6S/c1-3-29-21(24)20(18-10-6-8-15-7-4-5-9-17(15)18)22-30(27,28)16-12-11-14(2)19(13-16)23(25)26/h4-13,20,22H,3H2,1-2H3/t20-/m0/s1. The summed E-state index contributed by atoms with van der Waals surface area (Å²) in [6, 6.07) is 14.7. The fourth-order valence-electron chi connectivity index (χ4n) is 3.14. The number of aryl methyl sites for hydroxylation is 1. The van der Waals surface area contributed by atoms with Crippen molar-refractivity contribution in [3.8, 4) is 0 Å². The smallest absolute Gasteiger partial charge is 0.328 e. The van der Waals surface area contributed by atoms with Gasteiger partial charge in [0.1, 0.15) is 6.04 Å². The van der Waals surface area contributed by atoms with Crippen molar-refractivity contribution in [3.63, 3.8) is 0 Å². The van der Waals surface area contributed by atoms with Crippen LogP contribution in [-0.2, 0) is 19.6 Å². The molecule has 0 radical (unpaired) electrons. The molecule has 0 heterocycles. The van der Waals surface area contributed by atoms with Gasteiger partial charge < -0.3 is 4.74 Å². The molecule has 9 heteroatoms. The molecule has 3 rings (SSSR count). The van der Waals surface area contributed by atoms with Crippen molar-refractivity contribution in [1.82, 2.24) is 4.72 Å². The zero-order valence-electron chi connectivity index (χ0n) is 16.4. The zero-order valence-corrected chi connectivity index (χ0v) is 17.2. The Kier molecular flexibility index (Phi) is 6.14. The average molecular weight is 428 g/mol. The molecule has 8 nitrogen and oxygen atoms in total. The summed E-state index contributed by atoms with van der Waals surface area (Å²) in [6.45, 7) is 3.20. The van der Waals surface area contributed by atoms with Crippen LogP contribution in [0.3, 0.4) is 0 Å². The van der Waals surface area contributed by atoms with Gasteiger partial charge in [0.05, 0.1) is 16.4 Å². The molecule has 156 valence electrons. The molecule has 0 spiro atoms. The highest BCUT2D eigenvalue weighted by Gasteiger charge is 2.30. The number of nitro groups is 1. The second-order valence-corrected chi connectivity index (χ2v) is 8.29. The van der Waals surface area contributed by atoms with Crippen LogP contribution < -0.4 is 4.72 Å². The number of rotatable bonds is 7. The molecule has 0 aliphatic carbocycles. The van der Waals surface area contributed by atoms with Crippen LogP contribution >= 0.6 is 0 Å². The predicted octanol–water partition coefficient (Wildman–Crippen LogP) is 3.64. The first kappa shape index (κ1) is 21.4. The molecule has 3 aromatic carbocycles. The van der Waals surface area contributed by atoms with E-state index in [1.165, 1.54) is 19.1 Å². The lowest BCUT2D eigenvalue weighted by Crippen LogP contribution is -2.35. The SMILES string of the molecule is CCOC(=O)[C@@H](NS(=O)(=O)c1ccc(C)c([N+](=O)[O-])c1)c1cccc2ccccc12. The van der Waals surface area contributed by atoms with Crippen molar-refractivity contribution >= 4 is 32.5 Å². The van der Waals surface area contributed by atoms with Crippen LogP contribution in [0.15, 0.2) is 65.6 Å². The van der Waals surface area contributed by atoms with Crippen molar-refractivity contribution in [2.24, 2.45) is 0 Å². The fraction of sp³-hybridized carbons (Fsp3) is 0.190. The Hall–Kier alpha value is -3.30. The number of ether oxygens (including phenoxy) is 1. The Bertz CT molecular complexity index is 1220. The third-order valence-corrected chi connectivity index (χ3v) is 6.04. The molecule has 0 bridgehead atoms. The molecule has 1 atom stereocenters. The summed E-state index contributed by atoms with van der Waals surface area (Å²) in [4.78, 5) is 22.9. The number of benzene rings is 3. The Labute approximate surface area is 173 Å². The Morgan fingerprint density at radius 2 is 1.83 bits per heavy atom. The van der Waals surface area contributed by atoms with E-state index < -0.39 is 27.0 Å². The van der Waals surface area contributed by atoms with E-state index >= 15 is 0 Å². The molecule has 0 aliphatic heterocycles. The highest BCUT2D eigenvalue weighted by molar-refractivity contribution is 7.89. The summed E-state index contributed by atoms with van der Waals surface area (Å²) >= 11 is 0. The maximum atomic E-state index is 13.0. The Morgan fingerprint density at radius 3 is 2.53 bits per heavy atom. The molecular weight excluding hydrogens is 408 g/mol. The van der Waals surface area contributed by atoms with E-state index in [2.05, 4.69) is 4.72 Å². The minimum absolute atomic E-state index is 0.0673. The van der Waals surface area contributed by atoms with Crippen LogP contribution in [0.25, 0.3) is 10.8 Å². The van der Waals surface area contributed by atoms with Crippen molar-refractivity contribution in [1.29, 1.82) is 0 Å². The fourth-order valence-corrected chi connectivity index (χ4v) is 4.33. The monoisotopic (exact) mass is 428 g/mol. The van der Waals surface area contributed by atoms with Crippen LogP contribution in [0.4, 0.5) is 5.69 Å². The number of esters is 1. The van der Waals surface area contributed by atoms with Crippen LogP contribution in [-0.4, -0.2) is 25.9 Å². The van der Waals surface area contributed by atoms with E-state index in [1.807, 2.05) is 18.2 Å². The van der Waals surface area contributed by atoms with Gasteiger partial charge in [-0.2, -0.15) is 4.72 Å². The highest BCUT2D eigenvalue weighted by Crippen LogP contribution is 2.28. The third-order valence-electron chi connectivity index (χ3n) is 4.62. The number of hydrogen-bond acceptors (Lipinski definition) is 6. The molecular formula is C21H20N2O6S. The van der Waals surface area contributed by atoms with E-state index in [9.17, 15) is 23.3 Å². The van der Waals surface area contributed by atoms with Crippen molar-refractivity contribution in [2.75, 3.05) is 6.61 Å². The number of nitro benzene ring substituents is 1. The molecule has 0 amide bonds. The van der Waals surface area contributed by atoms with Crippen molar-refractivity contribution in [2.45, 2.75) is 24.8 Å². The first-order chi connectivity index (χ1) is 14.2. The topological polar surface area (TPSA) is 116 Å². The normalized spacial score (nSPS) is 12.5. The molecule has 0 fully saturated rings. The summed E-state index contributed by atoms with van der Waals surface area (Å²) in [5, 5.41) is 12.7. The first-order valence-electron chi connectivity index (χ1n) is 9.16. The molecule has 30 heavy (non-hydrogen) atoms. The van der Waals surface area contributed by atoms with Crippen LogP contribution in [0.1, 0.15) is 24.1 Å². The van der Waals surface area contributed by atoms with Gasteiger partial charge in [0.15, 0.2) is 0 Å². The Balaban J connectivity index is 2.09. The number of carbonyl (C=O) groups excluding carboxylic acids is 1. The summed E-state index contributed by atoms with van der Waals surface area (Å²) in [5.74, 6) is -0.765. The van der Waals surface area contributed by atoms with Gasteiger partial charge >= 0.3 is 5.97 Å². The van der Waals surface area contributed by atoms with Crippen molar-refractivity contribution < 1.29 is 22.9 Å². The van der Waals surface area contributed by atoms with Crippen LogP contribution in [0.2, 0.25) is 0 Å². The lowest BCUT2D eigenvalue weighted by Gasteiger charge is -2.19. The molecule has 0 saturated heterocycles. The first-order valence-corrected chi connectivity index (χ1v) is 10.6. The highest BCUT2D eigenvalue weighted by atomic mass is 32.2. The molecule has 3 aromatic rings. The van der Waals surface area contributed by atoms with Gasteiger partial charge in [-0.25, -0.2) is 13.2 Å². The molecule has 0 aromatic heterocycles. The maximum absolute atomic E-state index is 13.0. The number of carbonyl (C=O) groups is 1. The molecule has 0 unspecified atom stereocenters. The lowest BCUT2D eigenvalue weighted by atomic mass is 9.99. The molecule has 1 N–H and O–H groups in total. The number of nitrogens with one attached hydrogen (secondary N) is 1. The van der Waals surface area contributed by atoms with E-state index in [0.29, 0.717) is 16.5 Å². The molecule has 0 aliphatic rings. The van der Waals surface area contributed by atoms with Crippen LogP contribution in [0, 0.1) is 17.0 Å². The predicted molar refractivity (Wildman–Crippen MR) is 111 cm³/mol.